The molecule has 0 radical (unpaired) electrons. The van der Waals surface area contributed by atoms with Crippen LogP contribution in [0.25, 0.3) is 0 Å². The fraction of sp³-hybridized carbons (Fsp3) is 0.875. The normalized spacial score (nSPS) is 12.5. The lowest BCUT2D eigenvalue weighted by Gasteiger charge is -2.23. The Morgan fingerprint density at radius 3 is 2.40 bits per heavy atom. The molecule has 0 aliphatic rings. The quantitative estimate of drug-likeness (QED) is 0.591. The zero-order valence-electron chi connectivity index (χ0n) is 9.24. The van der Waals surface area contributed by atoms with Gasteiger partial charge in [-0.3, -0.25) is 4.79 Å². The first kappa shape index (κ1) is 14.3. The number of carbonyl (C=O) groups is 1. The lowest BCUT2D eigenvalue weighted by atomic mass is 10.1. The predicted molar refractivity (Wildman–Crippen MR) is 56.7 cm³/mol. The Bertz CT molecular complexity index is 311. The van der Waals surface area contributed by atoms with Crippen LogP contribution in [0.1, 0.15) is 20.3 Å². The van der Waals surface area contributed by atoms with Gasteiger partial charge in [-0.05, 0) is 13.8 Å². The van der Waals surface area contributed by atoms with Gasteiger partial charge in [-0.1, -0.05) is 0 Å². The number of esters is 1. The molecule has 0 aliphatic carbocycles. The highest BCUT2D eigenvalue weighted by Crippen LogP contribution is 2.03. The van der Waals surface area contributed by atoms with E-state index in [1.807, 2.05) is 0 Å². The Balaban J connectivity index is 4.27. The number of ether oxygens (including phenoxy) is 1. The van der Waals surface area contributed by atoms with E-state index < -0.39 is 21.5 Å². The summed E-state index contributed by atoms with van der Waals surface area (Å²) in [6.45, 7) is 3.52. The summed E-state index contributed by atoms with van der Waals surface area (Å²) in [4.78, 5) is 10.8. The monoisotopic (exact) mass is 238 g/mol. The maximum absolute atomic E-state index is 11.5. The molecule has 0 amide bonds. The fourth-order valence-corrected chi connectivity index (χ4v) is 2.30. The van der Waals surface area contributed by atoms with Crippen molar-refractivity contribution in [3.05, 3.63) is 0 Å². The highest BCUT2D eigenvalue weighted by molar-refractivity contribution is 7.89. The van der Waals surface area contributed by atoms with Crippen LogP contribution in [0.4, 0.5) is 0 Å². The van der Waals surface area contributed by atoms with Crippen molar-refractivity contribution < 1.29 is 17.9 Å². The van der Waals surface area contributed by atoms with Crippen LogP contribution in [0, 0.1) is 0 Å². The highest BCUT2D eigenvalue weighted by Gasteiger charge is 2.23. The molecule has 0 aliphatic heterocycles. The summed E-state index contributed by atoms with van der Waals surface area (Å²) < 4.78 is 29.6. The van der Waals surface area contributed by atoms with Crippen LogP contribution in [0.15, 0.2) is 0 Å². The predicted octanol–water partition coefficient (Wildman–Crippen LogP) is -0.794. The Hall–Kier alpha value is -0.660. The third-order valence-electron chi connectivity index (χ3n) is 1.74. The molecule has 0 atom stereocenters. The minimum absolute atomic E-state index is 0.160. The summed E-state index contributed by atoms with van der Waals surface area (Å²) in [7, 11) is -2.27. The number of nitrogens with two attached hydrogens (primary N) is 1. The molecule has 0 heterocycles. The number of hydrogen-bond donors (Lipinski definition) is 2. The first-order valence-corrected chi connectivity index (χ1v) is 6.16. The number of nitrogens with one attached hydrogen (secondary N) is 1. The average molecular weight is 238 g/mol. The molecule has 7 heteroatoms. The molecule has 0 bridgehead atoms. The van der Waals surface area contributed by atoms with Gasteiger partial charge < -0.3 is 10.5 Å². The summed E-state index contributed by atoms with van der Waals surface area (Å²) in [5.41, 5.74) is 4.68. The topological polar surface area (TPSA) is 98.5 Å². The molecule has 15 heavy (non-hydrogen) atoms. The van der Waals surface area contributed by atoms with E-state index in [0.717, 1.165) is 0 Å². The number of carbonyl (C=O) groups excluding carboxylic acids is 1. The standard InChI is InChI=1S/C8H18N2O4S/c1-8(2,6-9)10-15(12,13)5-4-7(11)14-3/h10H,4-6,9H2,1-3H3. The summed E-state index contributed by atoms with van der Waals surface area (Å²) >= 11 is 0. The van der Waals surface area contributed by atoms with Gasteiger partial charge in [0.25, 0.3) is 0 Å². The van der Waals surface area contributed by atoms with Crippen LogP contribution in [0.3, 0.4) is 0 Å². The number of sulfonamides is 1. The van der Waals surface area contributed by atoms with Crippen molar-refractivity contribution in [2.75, 3.05) is 19.4 Å². The van der Waals surface area contributed by atoms with E-state index in [0.29, 0.717) is 0 Å². The molecule has 0 unspecified atom stereocenters. The van der Waals surface area contributed by atoms with Gasteiger partial charge in [0.1, 0.15) is 0 Å². The minimum atomic E-state index is -3.49. The van der Waals surface area contributed by atoms with Gasteiger partial charge in [0.15, 0.2) is 0 Å². The molecule has 0 spiro atoms. The van der Waals surface area contributed by atoms with Crippen LogP contribution in [-0.4, -0.2) is 39.3 Å². The second-order valence-electron chi connectivity index (χ2n) is 3.84. The molecule has 0 rings (SSSR count). The van der Waals surface area contributed by atoms with Crippen molar-refractivity contribution in [1.82, 2.24) is 4.72 Å². The first-order chi connectivity index (χ1) is 6.72. The summed E-state index contributed by atoms with van der Waals surface area (Å²) in [5, 5.41) is 0. The molecule has 0 aromatic carbocycles. The lowest BCUT2D eigenvalue weighted by molar-refractivity contribution is -0.140. The van der Waals surface area contributed by atoms with Crippen LogP contribution in [0.2, 0.25) is 0 Å². The third kappa shape index (κ3) is 6.43. The largest absolute Gasteiger partial charge is 0.469 e. The van der Waals surface area contributed by atoms with E-state index in [1.165, 1.54) is 7.11 Å². The first-order valence-electron chi connectivity index (χ1n) is 4.51. The van der Waals surface area contributed by atoms with Crippen molar-refractivity contribution in [3.63, 3.8) is 0 Å². The molecule has 0 aromatic rings. The average Bonchev–Trinajstić information content (AvgIpc) is 2.13. The SMILES string of the molecule is COC(=O)CCS(=O)(=O)NC(C)(C)CN. The second kappa shape index (κ2) is 5.43. The molecule has 0 aromatic heterocycles. The summed E-state index contributed by atoms with van der Waals surface area (Å²) in [6, 6.07) is 0. The van der Waals surface area contributed by atoms with Crippen molar-refractivity contribution in [2.24, 2.45) is 5.73 Å². The minimum Gasteiger partial charge on any atom is -0.469 e. The summed E-state index contributed by atoms with van der Waals surface area (Å²) in [6.07, 6.45) is -0.160. The Labute approximate surface area is 90.2 Å². The zero-order chi connectivity index (χ0) is 12.1. The van der Waals surface area contributed by atoms with Crippen molar-refractivity contribution >= 4 is 16.0 Å². The highest BCUT2D eigenvalue weighted by atomic mass is 32.2. The molecule has 3 N–H and O–H groups in total. The maximum Gasteiger partial charge on any atom is 0.306 e. The van der Waals surface area contributed by atoms with Crippen molar-refractivity contribution in [1.29, 1.82) is 0 Å². The van der Waals surface area contributed by atoms with Gasteiger partial charge in [0, 0.05) is 12.1 Å². The van der Waals surface area contributed by atoms with Crippen LogP contribution >= 0.6 is 0 Å². The van der Waals surface area contributed by atoms with E-state index >= 15 is 0 Å². The van der Waals surface area contributed by atoms with E-state index in [1.54, 1.807) is 13.8 Å². The number of methoxy groups -OCH3 is 1. The van der Waals surface area contributed by atoms with Gasteiger partial charge >= 0.3 is 5.97 Å². The maximum atomic E-state index is 11.5. The molecule has 0 fully saturated rings. The molecule has 6 nitrogen and oxygen atoms in total. The second-order valence-corrected chi connectivity index (χ2v) is 5.68. The van der Waals surface area contributed by atoms with Crippen LogP contribution in [0.5, 0.6) is 0 Å². The van der Waals surface area contributed by atoms with Gasteiger partial charge in [-0.2, -0.15) is 0 Å². The Morgan fingerprint density at radius 2 is 2.00 bits per heavy atom. The number of rotatable bonds is 6. The van der Waals surface area contributed by atoms with Gasteiger partial charge in [0.05, 0.1) is 19.3 Å². The van der Waals surface area contributed by atoms with Crippen molar-refractivity contribution in [2.45, 2.75) is 25.8 Å². The fourth-order valence-electron chi connectivity index (χ4n) is 0.833. The Kier molecular flexibility index (Phi) is 5.19. The number of hydrogen-bond acceptors (Lipinski definition) is 5. The lowest BCUT2D eigenvalue weighted by Crippen LogP contribution is -2.49. The smallest absolute Gasteiger partial charge is 0.306 e. The van der Waals surface area contributed by atoms with Gasteiger partial charge in [0.2, 0.25) is 10.0 Å². The molecular formula is C8H18N2O4S. The third-order valence-corrected chi connectivity index (χ3v) is 3.35. The Morgan fingerprint density at radius 1 is 1.47 bits per heavy atom. The van der Waals surface area contributed by atoms with E-state index in [9.17, 15) is 13.2 Å². The van der Waals surface area contributed by atoms with E-state index in [-0.39, 0.29) is 18.7 Å². The molecule has 0 saturated carbocycles. The van der Waals surface area contributed by atoms with E-state index in [4.69, 9.17) is 5.73 Å². The molecule has 90 valence electrons. The van der Waals surface area contributed by atoms with Crippen LogP contribution in [-0.2, 0) is 19.6 Å². The van der Waals surface area contributed by atoms with Crippen molar-refractivity contribution in [3.8, 4) is 0 Å². The zero-order valence-corrected chi connectivity index (χ0v) is 10.1. The summed E-state index contributed by atoms with van der Waals surface area (Å²) in [5.74, 6) is -0.839. The van der Waals surface area contributed by atoms with E-state index in [2.05, 4.69) is 9.46 Å². The van der Waals surface area contributed by atoms with Crippen LogP contribution < -0.4 is 10.5 Å². The molecule has 0 saturated heterocycles. The van der Waals surface area contributed by atoms with Gasteiger partial charge in [-0.25, -0.2) is 13.1 Å². The van der Waals surface area contributed by atoms with Gasteiger partial charge in [-0.15, -0.1) is 0 Å². The molecular weight excluding hydrogens is 220 g/mol.